The monoisotopic (exact) mass is 1150 g/mol. The number of thiophene rings is 2. The van der Waals surface area contributed by atoms with Gasteiger partial charge < -0.3 is 0 Å². The van der Waals surface area contributed by atoms with Crippen LogP contribution in [0.15, 0.2) is 302 Å². The molecule has 84 heavy (non-hydrogen) atoms. The van der Waals surface area contributed by atoms with Crippen LogP contribution < -0.4 is 0 Å². The first-order chi connectivity index (χ1) is 62.1. The zero-order valence-electron chi connectivity index (χ0n) is 90.9. The third-order valence-electron chi connectivity index (χ3n) is 13.7. The van der Waals surface area contributed by atoms with Crippen LogP contribution in [0.4, 0.5) is 0 Å². The molecule has 0 aliphatic rings. The lowest BCUT2D eigenvalue weighted by atomic mass is 9.85. The van der Waals surface area contributed by atoms with Gasteiger partial charge in [0.1, 0.15) is 0 Å². The van der Waals surface area contributed by atoms with E-state index in [0.29, 0.717) is 11.3 Å². The summed E-state index contributed by atoms with van der Waals surface area (Å²) >= 11 is 1.49. The van der Waals surface area contributed by atoms with Gasteiger partial charge in [0.25, 0.3) is 0 Å². The van der Waals surface area contributed by atoms with E-state index in [-0.39, 0.29) is 67.5 Å². The van der Waals surface area contributed by atoms with Crippen molar-refractivity contribution in [1.29, 1.82) is 0 Å². The fourth-order valence-corrected chi connectivity index (χ4v) is 12.2. The topological polar surface area (TPSA) is 0 Å². The van der Waals surface area contributed by atoms with E-state index >= 15 is 0 Å². The summed E-state index contributed by atoms with van der Waals surface area (Å²) in [5.74, 6) is 0. The van der Waals surface area contributed by atoms with Crippen molar-refractivity contribution in [2.45, 2.75) is 0 Å². The van der Waals surface area contributed by atoms with Crippen molar-refractivity contribution in [3.63, 3.8) is 0 Å². The molecular weight excluding hydrogens is 1050 g/mol. The molecular formula is C82H50S2. The summed E-state index contributed by atoms with van der Waals surface area (Å²) < 4.78 is 435. The maximum atomic E-state index is 9.49. The van der Waals surface area contributed by atoms with Crippen molar-refractivity contribution < 1.29 is 67.2 Å². The van der Waals surface area contributed by atoms with Gasteiger partial charge in [0.15, 0.2) is 0 Å². The van der Waals surface area contributed by atoms with Gasteiger partial charge >= 0.3 is 0 Å². The highest BCUT2D eigenvalue weighted by Crippen LogP contribution is 2.48. The van der Waals surface area contributed by atoms with Gasteiger partial charge in [0.2, 0.25) is 0 Å². The molecule has 0 amide bonds. The Labute approximate surface area is 562 Å². The van der Waals surface area contributed by atoms with Gasteiger partial charge in [-0.3, -0.25) is 0 Å². The minimum atomic E-state index is -1.03. The predicted octanol–water partition coefficient (Wildman–Crippen LogP) is 24.5. The summed E-state index contributed by atoms with van der Waals surface area (Å²) in [7, 11) is 0. The molecule has 0 saturated heterocycles. The zero-order valence-corrected chi connectivity index (χ0v) is 43.5. The summed E-state index contributed by atoms with van der Waals surface area (Å²) in [6, 6.07) is -37.4. The van der Waals surface area contributed by atoms with Gasteiger partial charge in [-0.25, -0.2) is 0 Å². The van der Waals surface area contributed by atoms with Crippen molar-refractivity contribution in [3.8, 4) is 55.6 Å². The van der Waals surface area contributed by atoms with Crippen molar-refractivity contribution in [2.75, 3.05) is 0 Å². The van der Waals surface area contributed by atoms with Crippen LogP contribution >= 0.6 is 22.7 Å². The van der Waals surface area contributed by atoms with E-state index in [9.17, 15) is 21.9 Å². The summed E-state index contributed by atoms with van der Waals surface area (Å²) in [5.41, 5.74) is -6.15. The second kappa shape index (κ2) is 19.8. The molecule has 2 aromatic heterocycles. The minimum absolute atomic E-state index is 0.0166. The van der Waals surface area contributed by atoms with Crippen LogP contribution in [0.25, 0.3) is 171 Å². The van der Waals surface area contributed by atoms with E-state index < -0.39 is 400 Å². The molecule has 0 N–H and O–H groups in total. The van der Waals surface area contributed by atoms with Crippen LogP contribution in [0.1, 0.15) is 67.2 Å². The molecule has 0 spiro atoms. The maximum Gasteiger partial charge on any atom is 0.0644 e. The van der Waals surface area contributed by atoms with Gasteiger partial charge in [-0.15, -0.1) is 22.7 Å². The lowest BCUT2D eigenvalue weighted by Crippen LogP contribution is -1.90. The number of hydrogen-bond acceptors (Lipinski definition) is 2. The van der Waals surface area contributed by atoms with Gasteiger partial charge in [-0.1, -0.05) is 260 Å². The average molecular weight is 1150 g/mol. The van der Waals surface area contributed by atoms with Crippen molar-refractivity contribution in [2.24, 2.45) is 0 Å². The molecule has 390 valence electrons. The Kier molecular flexibility index (Phi) is 4.77. The van der Waals surface area contributed by atoms with Crippen LogP contribution in [-0.4, -0.2) is 0 Å². The number of hydrogen-bond donors (Lipinski definition) is 0. The second-order valence-corrected chi connectivity index (χ2v) is 20.4. The minimum Gasteiger partial charge on any atom is -0.135 e. The fourth-order valence-electron chi connectivity index (χ4n) is 10.1. The van der Waals surface area contributed by atoms with Crippen LogP contribution in [0.5, 0.6) is 0 Å². The molecule has 0 bridgehead atoms. The molecule has 18 rings (SSSR count). The highest BCUT2D eigenvalue weighted by molar-refractivity contribution is 7.26. The Balaban J connectivity index is 0.000000186. The van der Waals surface area contributed by atoms with E-state index in [1.165, 1.54) is 6.07 Å². The van der Waals surface area contributed by atoms with Gasteiger partial charge in [-0.2, -0.15) is 0 Å². The third-order valence-corrected chi connectivity index (χ3v) is 15.8. The molecule has 0 aliphatic heterocycles. The first-order valence-electron chi connectivity index (χ1n) is 49.4. The van der Waals surface area contributed by atoms with Crippen LogP contribution in [0.3, 0.4) is 0 Å². The van der Waals surface area contributed by atoms with Crippen LogP contribution in [0, 0.1) is 0 Å². The predicted molar refractivity (Wildman–Crippen MR) is 368 cm³/mol. The molecule has 0 unspecified atom stereocenters. The molecule has 0 nitrogen and oxygen atoms in total. The number of fused-ring (bicyclic) bond motifs is 13. The van der Waals surface area contributed by atoms with E-state index in [0.717, 1.165) is 11.3 Å². The Hall–Kier alpha value is -10.2. The Morgan fingerprint density at radius 2 is 0.500 bits per heavy atom. The van der Waals surface area contributed by atoms with Gasteiger partial charge in [0, 0.05) is 40.3 Å². The lowest BCUT2D eigenvalue weighted by molar-refractivity contribution is 1.63. The molecule has 18 aromatic rings. The molecule has 0 atom stereocenters. The number of benzene rings is 16. The Morgan fingerprint density at radius 1 is 0.179 bits per heavy atom. The normalized spacial score (nSPS) is 20.0. The maximum absolute atomic E-state index is 9.49. The molecule has 0 saturated carbocycles. The van der Waals surface area contributed by atoms with E-state index in [1.54, 1.807) is 0 Å². The summed E-state index contributed by atoms with van der Waals surface area (Å²) in [6.45, 7) is 0. The first-order valence-corrected chi connectivity index (χ1v) is 26.5. The standard InChI is InChI=1S/C42H26S.C40H24S/c1-2-10-28(11-3-1)41-34-14-6-8-16-36(34)42(37-17-9-7-15-35(37)41)29-20-18-27(19-21-29)32-22-23-33-38-24-30-12-4-5-13-31(30)25-40(38)43-39(33)26-32;1-2-10-26-21-29(18-17-25(26)9-1)39-32-13-5-7-15-34(32)40(35-16-8-6-14-33(35)39)30-19-20-31-36-22-27-11-3-4-12-28(27)23-38(36)41-37(31)24-30/h1-26H;1-24H/i1D,2D,3D,4D,5D,6D,7D,8D,9D,10D,11D,12D,13D,14D,15D,16D,17D,18D,19D,20D,21D,22D,23D,24D,25D,26D;1D,2D,3D,4D,5D,6D,7D,8D,9D,10D,11D,12D,13D,14D,15D,16D,17D,18D,19D,20D,21D,22D,23D. The first kappa shape index (κ1) is 20.3. The lowest BCUT2D eigenvalue weighted by Gasteiger charge is -2.18. The highest BCUT2D eigenvalue weighted by atomic mass is 32.1. The summed E-state index contributed by atoms with van der Waals surface area (Å²) in [5, 5.41) is -7.54. The average Bonchev–Trinajstić information content (AvgIpc) is 1.05. The summed E-state index contributed by atoms with van der Waals surface area (Å²) in [6.07, 6.45) is 0. The molecule has 0 radical (unpaired) electrons. The molecule has 0 fully saturated rings. The molecule has 2 heterocycles. The van der Waals surface area contributed by atoms with Crippen LogP contribution in [0.2, 0.25) is 0 Å². The van der Waals surface area contributed by atoms with Gasteiger partial charge in [-0.05, 0) is 173 Å². The SMILES string of the molecule is [2H]c1c([2H])c([2H])c(-c2c3c([2H])c([2H])c([2H])c([2H])c3c(-c3c([2H])c([2H])c(-c4c([2H])c([2H])c5c(sc6c([2H])c7c([2H])c([2H])c([2H])c([2H])c7c([2H])c65)c4[2H])c([2H])c3[2H])c3c([2H])c([2H])c([2H])c([2H])c23)c([2H])c1[2H].[2H]c1c([2H])c([2H])c2c([2H])c(-c3c4c([2H])c([2H])c([2H])c([2H])c4c(-c4cc5sc6c([2H])c7c([2H])c([2H])c([2H])c([2H])c7c([2H])c6c5c([2H])c4[2H])c4c([2H])c([2H])c([2H])c([2H])c34)c([2H])c([2H])c2c1[2H]. The molecule has 16 aromatic carbocycles. The van der Waals surface area contributed by atoms with Crippen LogP contribution in [-0.2, 0) is 0 Å². The highest BCUT2D eigenvalue weighted by Gasteiger charge is 2.20. The smallest absolute Gasteiger partial charge is 0.0644 e. The second-order valence-electron chi connectivity index (χ2n) is 18.4. The van der Waals surface area contributed by atoms with E-state index in [4.69, 9.17) is 45.2 Å². The molecule has 2 heteroatoms. The summed E-state index contributed by atoms with van der Waals surface area (Å²) in [4.78, 5) is 0. The van der Waals surface area contributed by atoms with Crippen molar-refractivity contribution in [1.82, 2.24) is 0 Å². The number of rotatable bonds is 5. The third kappa shape index (κ3) is 8.02. The van der Waals surface area contributed by atoms with Crippen molar-refractivity contribution >= 4 is 138 Å². The zero-order chi connectivity index (χ0) is 97.9. The fraction of sp³-hybridized carbons (Fsp3) is 0. The van der Waals surface area contributed by atoms with E-state index in [1.807, 2.05) is 0 Å². The van der Waals surface area contributed by atoms with Gasteiger partial charge in [0.05, 0.1) is 67.2 Å². The molecule has 0 aliphatic carbocycles. The van der Waals surface area contributed by atoms with E-state index in [2.05, 4.69) is 0 Å². The largest absolute Gasteiger partial charge is 0.135 e. The Morgan fingerprint density at radius 3 is 1.00 bits per heavy atom. The van der Waals surface area contributed by atoms with Crippen molar-refractivity contribution in [3.05, 3.63) is 302 Å². The Bertz CT molecular complexity index is 8510. The quantitative estimate of drug-likeness (QED) is 0.151.